The fourth-order valence-electron chi connectivity index (χ4n) is 4.95. The number of ether oxygens (including phenoxy) is 1. The minimum atomic E-state index is -1.32. The number of nitro benzene ring substituents is 1. The molecular formula is C30H27N3O5. The van der Waals surface area contributed by atoms with Crippen LogP contribution < -0.4 is 5.32 Å². The van der Waals surface area contributed by atoms with Gasteiger partial charge in [-0.25, -0.2) is 4.79 Å². The molecule has 0 saturated heterocycles. The molecule has 38 heavy (non-hydrogen) atoms. The molecule has 0 fully saturated rings. The monoisotopic (exact) mass is 509 g/mol. The first-order valence-corrected chi connectivity index (χ1v) is 12.6. The summed E-state index contributed by atoms with van der Waals surface area (Å²) in [6.45, 7) is 1.73. The number of aromatic nitrogens is 1. The number of nitrogens with zero attached hydrogens (tertiary/aromatic N) is 2. The van der Waals surface area contributed by atoms with Gasteiger partial charge < -0.3 is 10.1 Å². The van der Waals surface area contributed by atoms with Crippen LogP contribution in [-0.2, 0) is 22.4 Å². The van der Waals surface area contributed by atoms with Crippen molar-refractivity contribution in [1.29, 1.82) is 0 Å². The van der Waals surface area contributed by atoms with Crippen LogP contribution in [0.3, 0.4) is 0 Å². The van der Waals surface area contributed by atoms with Crippen LogP contribution in [0, 0.1) is 17.0 Å². The lowest BCUT2D eigenvalue weighted by atomic mass is 9.97. The Bertz CT molecular complexity index is 1530. The molecule has 1 aliphatic rings. The number of nitro groups is 1. The van der Waals surface area contributed by atoms with E-state index in [0.717, 1.165) is 36.9 Å². The number of anilines is 1. The molecule has 1 amide bonds. The number of para-hydroxylation sites is 1. The van der Waals surface area contributed by atoms with E-state index in [1.807, 2.05) is 24.3 Å². The number of esters is 1. The lowest BCUT2D eigenvalue weighted by Crippen LogP contribution is -2.27. The van der Waals surface area contributed by atoms with Gasteiger partial charge in [-0.1, -0.05) is 61.0 Å². The van der Waals surface area contributed by atoms with Gasteiger partial charge in [-0.15, -0.1) is 0 Å². The predicted molar refractivity (Wildman–Crippen MR) is 144 cm³/mol. The third-order valence-corrected chi connectivity index (χ3v) is 6.80. The van der Waals surface area contributed by atoms with E-state index < -0.39 is 22.9 Å². The Morgan fingerprint density at radius 1 is 0.974 bits per heavy atom. The van der Waals surface area contributed by atoms with Crippen molar-refractivity contribution in [3.05, 3.63) is 111 Å². The number of nitrogens with one attached hydrogen (secondary N) is 1. The van der Waals surface area contributed by atoms with Crippen molar-refractivity contribution >= 4 is 34.2 Å². The van der Waals surface area contributed by atoms with E-state index in [1.165, 1.54) is 12.1 Å². The number of aryl methyl sites for hydroxylation is 2. The van der Waals surface area contributed by atoms with Gasteiger partial charge in [-0.05, 0) is 55.9 Å². The molecule has 5 rings (SSSR count). The molecule has 1 aromatic heterocycles. The van der Waals surface area contributed by atoms with Crippen molar-refractivity contribution in [2.24, 2.45) is 0 Å². The van der Waals surface area contributed by atoms with Gasteiger partial charge in [0, 0.05) is 22.7 Å². The van der Waals surface area contributed by atoms with Crippen molar-refractivity contribution in [2.75, 3.05) is 5.32 Å². The zero-order valence-electron chi connectivity index (χ0n) is 21.0. The minimum Gasteiger partial charge on any atom is -0.444 e. The van der Waals surface area contributed by atoms with Crippen LogP contribution in [-0.4, -0.2) is 21.8 Å². The van der Waals surface area contributed by atoms with Crippen molar-refractivity contribution in [2.45, 2.75) is 45.1 Å². The summed E-state index contributed by atoms with van der Waals surface area (Å²) < 4.78 is 5.95. The summed E-state index contributed by atoms with van der Waals surface area (Å²) in [5.41, 5.74) is 3.84. The molecule has 3 aromatic carbocycles. The first-order valence-electron chi connectivity index (χ1n) is 12.6. The molecule has 0 bridgehead atoms. The first kappa shape index (κ1) is 25.1. The average Bonchev–Trinajstić information content (AvgIpc) is 3.16. The van der Waals surface area contributed by atoms with E-state index in [9.17, 15) is 19.7 Å². The second-order valence-electron chi connectivity index (χ2n) is 9.45. The SMILES string of the molecule is Cc1ccc(NC(=O)C(OC(=O)c2c3c(nc4ccccc24)CCCCC3)c2ccccc2)c([N+](=O)[O-])c1. The molecule has 1 atom stereocenters. The normalized spacial score (nSPS) is 13.7. The third kappa shape index (κ3) is 5.11. The summed E-state index contributed by atoms with van der Waals surface area (Å²) >= 11 is 0. The minimum absolute atomic E-state index is 0.0332. The van der Waals surface area contributed by atoms with Gasteiger partial charge in [-0.2, -0.15) is 0 Å². The Hall–Kier alpha value is -4.59. The molecule has 8 heteroatoms. The molecule has 4 aromatic rings. The number of fused-ring (bicyclic) bond motifs is 2. The van der Waals surface area contributed by atoms with Crippen LogP contribution in [0.25, 0.3) is 10.9 Å². The highest BCUT2D eigenvalue weighted by Gasteiger charge is 2.30. The van der Waals surface area contributed by atoms with Gasteiger partial charge in [0.1, 0.15) is 5.69 Å². The number of hydrogen-bond donors (Lipinski definition) is 1. The summed E-state index contributed by atoms with van der Waals surface area (Å²) in [4.78, 5) is 43.3. The van der Waals surface area contributed by atoms with E-state index in [2.05, 4.69) is 5.32 Å². The molecule has 1 aliphatic carbocycles. The van der Waals surface area contributed by atoms with Crippen LogP contribution in [0.5, 0.6) is 0 Å². The topological polar surface area (TPSA) is 111 Å². The van der Waals surface area contributed by atoms with Crippen LogP contribution in [0.4, 0.5) is 11.4 Å². The Labute approximate surface area is 219 Å². The smallest absolute Gasteiger partial charge is 0.340 e. The van der Waals surface area contributed by atoms with E-state index in [1.54, 1.807) is 43.3 Å². The predicted octanol–water partition coefficient (Wildman–Crippen LogP) is 6.26. The molecule has 0 radical (unpaired) electrons. The highest BCUT2D eigenvalue weighted by Crippen LogP contribution is 2.32. The number of benzene rings is 3. The second kappa shape index (κ2) is 10.8. The zero-order chi connectivity index (χ0) is 26.6. The van der Waals surface area contributed by atoms with E-state index in [0.29, 0.717) is 34.0 Å². The summed E-state index contributed by atoms with van der Waals surface area (Å²) in [6, 6.07) is 20.6. The lowest BCUT2D eigenvalue weighted by Gasteiger charge is -2.20. The number of rotatable bonds is 6. The van der Waals surface area contributed by atoms with Gasteiger partial charge in [0.2, 0.25) is 6.10 Å². The largest absolute Gasteiger partial charge is 0.444 e. The molecule has 1 heterocycles. The maximum Gasteiger partial charge on any atom is 0.340 e. The molecule has 1 N–H and O–H groups in total. The van der Waals surface area contributed by atoms with Crippen molar-refractivity contribution < 1.29 is 19.2 Å². The standard InChI is InChI=1S/C30H27N3O5/c1-19-16-17-25(26(18-19)33(36)37)32-29(34)28(20-10-4-2-5-11-20)38-30(35)27-21-12-6-3-7-14-23(21)31-24-15-9-8-13-22(24)27/h2,4-5,8-11,13,15-18,28H,3,6-7,12,14H2,1H3,(H,32,34). The molecule has 1 unspecified atom stereocenters. The molecular weight excluding hydrogens is 482 g/mol. The quantitative estimate of drug-likeness (QED) is 0.142. The molecule has 192 valence electrons. The second-order valence-corrected chi connectivity index (χ2v) is 9.45. The van der Waals surface area contributed by atoms with E-state index in [4.69, 9.17) is 9.72 Å². The van der Waals surface area contributed by atoms with Crippen LogP contribution in [0.15, 0.2) is 72.8 Å². The fourth-order valence-corrected chi connectivity index (χ4v) is 4.95. The Morgan fingerprint density at radius 2 is 1.71 bits per heavy atom. The van der Waals surface area contributed by atoms with Crippen LogP contribution in [0.1, 0.15) is 58.1 Å². The number of hydrogen-bond acceptors (Lipinski definition) is 6. The van der Waals surface area contributed by atoms with Gasteiger partial charge in [-0.3, -0.25) is 19.9 Å². The molecule has 0 saturated carbocycles. The summed E-state index contributed by atoms with van der Waals surface area (Å²) in [5.74, 6) is -1.30. The number of carbonyl (C=O) groups is 2. The lowest BCUT2D eigenvalue weighted by molar-refractivity contribution is -0.384. The maximum absolute atomic E-state index is 13.9. The van der Waals surface area contributed by atoms with Gasteiger partial charge in [0.05, 0.1) is 16.0 Å². The van der Waals surface area contributed by atoms with E-state index in [-0.39, 0.29) is 11.4 Å². The Kier molecular flexibility index (Phi) is 7.13. The number of pyridine rings is 1. The molecule has 8 nitrogen and oxygen atoms in total. The zero-order valence-corrected chi connectivity index (χ0v) is 21.0. The van der Waals surface area contributed by atoms with Gasteiger partial charge in [0.15, 0.2) is 0 Å². The Balaban J connectivity index is 1.54. The maximum atomic E-state index is 13.9. The van der Waals surface area contributed by atoms with Gasteiger partial charge in [0.25, 0.3) is 11.6 Å². The molecule has 0 aliphatic heterocycles. The summed E-state index contributed by atoms with van der Waals surface area (Å²) in [5, 5.41) is 14.9. The fraction of sp³-hybridized carbons (Fsp3) is 0.233. The van der Waals surface area contributed by atoms with Crippen molar-refractivity contribution in [1.82, 2.24) is 4.98 Å². The average molecular weight is 510 g/mol. The highest BCUT2D eigenvalue weighted by atomic mass is 16.6. The van der Waals surface area contributed by atoms with Crippen molar-refractivity contribution in [3.63, 3.8) is 0 Å². The summed E-state index contributed by atoms with van der Waals surface area (Å²) in [7, 11) is 0. The Morgan fingerprint density at radius 3 is 2.50 bits per heavy atom. The highest BCUT2D eigenvalue weighted by molar-refractivity contribution is 6.06. The van der Waals surface area contributed by atoms with E-state index >= 15 is 0 Å². The third-order valence-electron chi connectivity index (χ3n) is 6.80. The van der Waals surface area contributed by atoms with Gasteiger partial charge >= 0.3 is 5.97 Å². The van der Waals surface area contributed by atoms with Crippen molar-refractivity contribution in [3.8, 4) is 0 Å². The number of amides is 1. The van der Waals surface area contributed by atoms with Crippen LogP contribution >= 0.6 is 0 Å². The van der Waals surface area contributed by atoms with Crippen LogP contribution in [0.2, 0.25) is 0 Å². The number of carbonyl (C=O) groups excluding carboxylic acids is 2. The first-order chi connectivity index (χ1) is 18.4. The summed E-state index contributed by atoms with van der Waals surface area (Å²) in [6.07, 6.45) is 3.14. The molecule has 0 spiro atoms.